The Balaban J connectivity index is -0.000000138. The van der Waals surface area contributed by atoms with E-state index < -0.39 is 42.5 Å². The molecule has 0 bridgehead atoms. The van der Waals surface area contributed by atoms with Crippen LogP contribution in [0.5, 0.6) is 0 Å². The van der Waals surface area contributed by atoms with Gasteiger partial charge in [0.15, 0.2) is 0 Å². The van der Waals surface area contributed by atoms with E-state index >= 15 is 0 Å². The van der Waals surface area contributed by atoms with Gasteiger partial charge in [-0.05, 0) is 160 Å². The fourth-order valence-corrected chi connectivity index (χ4v) is 42.8. The van der Waals surface area contributed by atoms with Crippen LogP contribution < -0.4 is 0 Å². The maximum atomic E-state index is 12.9. The van der Waals surface area contributed by atoms with Crippen molar-refractivity contribution in [1.29, 1.82) is 5.59 Å². The predicted octanol–water partition coefficient (Wildman–Crippen LogP) is 18.9. The van der Waals surface area contributed by atoms with Crippen molar-refractivity contribution < 1.29 is 176 Å². The van der Waals surface area contributed by atoms with Crippen molar-refractivity contribution in [3.05, 3.63) is 42.0 Å². The molecule has 0 aromatic heterocycles. The number of rotatable bonds is 12. The van der Waals surface area contributed by atoms with Crippen LogP contribution in [0.2, 0.25) is 19.6 Å². The molecule has 3 N–H and O–H groups in total. The van der Waals surface area contributed by atoms with E-state index in [1.165, 1.54) is 40.5 Å². The van der Waals surface area contributed by atoms with Crippen LogP contribution in [0.4, 0.5) is 4.48 Å². The number of nitrogens with zero attached hydrogens (tertiary/aromatic N) is 1. The summed E-state index contributed by atoms with van der Waals surface area (Å²) in [5, 5.41) is 18.2. The van der Waals surface area contributed by atoms with Gasteiger partial charge in [0.05, 0.1) is 71.4 Å². The number of nitroso groups, excluding NO2 is 1. The van der Waals surface area contributed by atoms with Gasteiger partial charge < -0.3 is 112 Å². The molecule has 12 heterocycles. The van der Waals surface area contributed by atoms with Crippen LogP contribution in [-0.2, 0) is 256 Å². The summed E-state index contributed by atoms with van der Waals surface area (Å²) in [5.74, 6) is 6.75. The van der Waals surface area contributed by atoms with Crippen molar-refractivity contribution in [2.75, 3.05) is 167 Å². The van der Waals surface area contributed by atoms with E-state index in [0.29, 0.717) is 119 Å². The smallest absolute Gasteiger partial charge is 0.254 e. The van der Waals surface area contributed by atoms with Crippen molar-refractivity contribution in [2.24, 2.45) is 29.6 Å². The molecule has 0 aromatic carbocycles. The van der Waals surface area contributed by atoms with Gasteiger partial charge >= 0.3 is 0 Å². The fraction of sp³-hybridized carbons (Fsp3) is 0.931. The molecule has 0 saturated carbocycles. The molecule has 134 heavy (non-hydrogen) atoms. The van der Waals surface area contributed by atoms with Gasteiger partial charge in [0.2, 0.25) is 0 Å². The Bertz CT molecular complexity index is 3330. The number of ether oxygens (including phenoxy) is 7. The van der Waals surface area contributed by atoms with Gasteiger partial charge in [-0.25, -0.2) is 0 Å². The number of aliphatic hydroxyl groups is 2. The van der Waals surface area contributed by atoms with E-state index in [-0.39, 0.29) is 227 Å². The first-order valence-corrected chi connectivity index (χ1v) is 82.2. The molecule has 5 spiro atoms. The second-order valence-electron chi connectivity index (χ2n) is 31.8. The van der Waals surface area contributed by atoms with E-state index in [0.717, 1.165) is 74.6 Å². The largest absolute Gasteiger partial charge is 0.393 e. The molecule has 12 fully saturated rings. The summed E-state index contributed by atoms with van der Waals surface area (Å²) in [7, 11) is 52.1. The second-order valence-corrected chi connectivity index (χ2v) is 85.3. The van der Waals surface area contributed by atoms with Crippen molar-refractivity contribution >= 4 is 320 Å². The number of hydrogen-bond acceptors (Lipinski definition) is 31. The summed E-state index contributed by atoms with van der Waals surface area (Å²) in [5.41, 5.74) is -1.01. The summed E-state index contributed by atoms with van der Waals surface area (Å²) >= 11 is 39.1. The first-order valence-electron chi connectivity index (χ1n) is 40.2. The Morgan fingerprint density at radius 3 is 0.985 bits per heavy atom. The molecule has 9 unspecified atom stereocenters. The molecule has 0 amide bonds. The van der Waals surface area contributed by atoms with E-state index in [4.69, 9.17) is 170 Å². The number of nitrogens with one attached hydrogen (secondary N) is 1. The van der Waals surface area contributed by atoms with Crippen LogP contribution >= 0.6 is 158 Å². The molecule has 12 aliphatic rings. The Labute approximate surface area is 954 Å². The van der Waals surface area contributed by atoms with Crippen LogP contribution in [0.1, 0.15) is 114 Å². The summed E-state index contributed by atoms with van der Waals surface area (Å²) in [6.07, 6.45) is 8.86. The number of quaternary nitrogens is 1. The van der Waals surface area contributed by atoms with Crippen molar-refractivity contribution in [3.8, 4) is 0 Å². The zero-order valence-electron chi connectivity index (χ0n) is 82.5. The summed E-state index contributed by atoms with van der Waals surface area (Å²) in [6, 6.07) is -1.36. The minimum absolute atomic E-state index is 0. The Hall–Kier alpha value is 10.4. The van der Waals surface area contributed by atoms with Crippen molar-refractivity contribution in [3.63, 3.8) is 0 Å². The van der Waals surface area contributed by atoms with Crippen LogP contribution in [0.25, 0.3) is 0 Å². The molecule has 0 aliphatic carbocycles. The average molecular weight is 2630 g/mol. The van der Waals surface area contributed by atoms with Crippen LogP contribution in [0, 0.1) is 77.2 Å². The third kappa shape index (κ3) is 59.7. The Morgan fingerprint density at radius 2 is 0.791 bits per heavy atom. The van der Waals surface area contributed by atoms with Gasteiger partial charge in [0.25, 0.3) is 13.1 Å². The van der Waals surface area contributed by atoms with Crippen LogP contribution in [0.15, 0.2) is 0 Å². The fourth-order valence-electron chi connectivity index (χ4n) is 13.5. The topological polar surface area (TPSA) is 245 Å². The molecule has 804 valence electrons. The second kappa shape index (κ2) is 83.7. The molecule has 12 rings (SSSR count). The standard InChI is InChI=1S/C8H15BO4P2S.C8H15BO3P2S2.C8H14BO3PS.C8H14BO2PS2.C8H14BO2PS.C8H15BO2.C7H13BO2S.C6H15FN.C4H12SSi.CH4ClP.CH5P.5CH3.HNO.5Ni.S8/c1-14-13-6-3-7(9)12-8(6)4-11-15(2,10)16-5-8;1-13-12-6-3-7(9)11-8(6)4-10-14(2,15)16-5-8;1-6-3-7(9)12-8(6)4-11-13(2,10)14-5-8;1-6-3-7(9)11-8(6)4-10-12(2,13)14-5-8;1-6-3-7(9)11-8(6)4-10-12(2)13-5-8;1-3-8(5-10)6(2)4-7(9)11-8;1-5-2-6(8)10-7(5,3-9)4-11;1-4-8(7,5-2)6-3;1-5-6(2,3)4;1-3-2;1-2;;;;;;1-2;;;;;;1-3-5-7-8-6-4-2/h6-7,14H,3-5H2,1-2H3;6-7,13H,3-5H2,1-2H3;2*6-7H,3-5H2,1-2H3;6-7H,3-5H2,1-2H3;6-7,10H,3-5H2,1-2H3;5-6,9,11H,2-4H2,1H3;4-6H2,1-3H3;1-4H3;3H,1H3;2H2,1H3;5*1H3;1H;;;;;;/q;;;;;;;+1;;;;5*-1;;;;;;;/t6-,7-,8-,15?;6-,7-,8-,14?;6-,7-,8-,13?;2*6-,7-,8-,12?;6-,7-,8-;5-,6-,7-;;;;;;;;;;;;;;;;/m1111111................/s1. The molecule has 21 nitrogen and oxygen atoms in total. The summed E-state index contributed by atoms with van der Waals surface area (Å²) in [6.45, 7) is 42.1. The number of hydrogen-bond donors (Lipinski definition) is 4. The van der Waals surface area contributed by atoms with Gasteiger partial charge in [-0.1, -0.05) is 143 Å². The van der Waals surface area contributed by atoms with E-state index in [2.05, 4.69) is 110 Å². The van der Waals surface area contributed by atoms with Gasteiger partial charge in [-0.15, -0.1) is 36.6 Å². The molecule has 0 aromatic rings. The van der Waals surface area contributed by atoms with E-state index in [1.807, 2.05) is 97.2 Å². The first-order chi connectivity index (χ1) is 57.8. The SMILES string of the molecule is CC[N+](F)(CC)CC.CP.CPCl.CS[Si](C)(C)C.N=O.S=S=S=S=S=S=S=S.[B][C@H]1C[C@@H](C)[C@@](CC)(CO)O1.[B][C@H]1C[C@@H](C)[C@@](CO)(CS)O1.[B][C@H]1C[C@@H](C)[C@]2(COP(C)(=O)SC2)O1.[B][C@H]1C[C@@H](C)[C@]2(COP(C)(=S)SC2)O1.[B][C@H]1C[C@@H](C)[C@]2(COP(C)SC2)O1.[B][C@H]1C[C@@H](OPC)[C@]2(COP(C)(=O)SC2)O1.[B][C@H]1C[C@@H](OPC)[C@]2(COP(C)(=S)SC2)O1.[CH3-].[CH3-].[CH3-].[CH3-].[CH3-].[Ni].[Ni].[Ni].[Ni].[Ni]. The molecule has 62 heteroatoms. The maximum absolute atomic E-state index is 12.9. The van der Waals surface area contributed by atoms with Crippen molar-refractivity contribution in [2.45, 2.75) is 227 Å². The number of aliphatic hydroxyl groups excluding tert-OH is 2. The Kier molecular flexibility index (Phi) is 104. The predicted molar refractivity (Wildman–Crippen MR) is 623 cm³/mol. The van der Waals surface area contributed by atoms with Gasteiger partial charge in [0.1, 0.15) is 126 Å². The zero-order chi connectivity index (χ0) is 95.6. The normalized spacial score (nSPS) is 37.3. The summed E-state index contributed by atoms with van der Waals surface area (Å²) in [4.78, 5) is 7.50. The van der Waals surface area contributed by atoms with Crippen molar-refractivity contribution in [1.82, 2.24) is 0 Å². The third-order valence-electron chi connectivity index (χ3n) is 21.9. The number of halogens is 2. The summed E-state index contributed by atoms with van der Waals surface area (Å²) < 4.78 is 115. The molecule has 12 aliphatic heterocycles. The number of thiol groups is 1. The average Bonchev–Trinajstić information content (AvgIpc) is 1.62. The maximum Gasteiger partial charge on any atom is 0.254 e. The minimum atomic E-state index is -2.49. The molecule has 14 radical (unpaired) electrons. The van der Waals surface area contributed by atoms with E-state index in [9.17, 15) is 13.6 Å². The van der Waals surface area contributed by atoms with Gasteiger partial charge in [-0.2, -0.15) is 28.7 Å². The Morgan fingerprint density at radius 1 is 0.522 bits per heavy atom. The van der Waals surface area contributed by atoms with Crippen LogP contribution in [0.3, 0.4) is 0 Å². The quantitative estimate of drug-likeness (QED) is 0.0354. The van der Waals surface area contributed by atoms with Crippen LogP contribution in [-0.4, -0.2) is 337 Å². The zero-order valence-corrected chi connectivity index (χ0v) is 112. The molecular weight excluding hydrogens is 2470 g/mol. The molecule has 12 saturated heterocycles. The van der Waals surface area contributed by atoms with Gasteiger partial charge in [-0.3, -0.25) is 9.13 Å². The molecular formula is C72H152B7ClFN2Ni5O19P9S17Si-4. The monoisotopic (exact) mass is 2620 g/mol. The van der Waals surface area contributed by atoms with Gasteiger partial charge in [0, 0.05) is 266 Å². The minimum Gasteiger partial charge on any atom is -0.393 e. The van der Waals surface area contributed by atoms with E-state index in [1.54, 1.807) is 71.6 Å². The first kappa shape index (κ1) is 167. The molecule has 30 atom stereocenters. The third-order valence-corrected chi connectivity index (χ3v) is 60.5.